The molecule has 3 nitrogen and oxygen atoms in total. The summed E-state index contributed by atoms with van der Waals surface area (Å²) in [5, 5.41) is 0. The second kappa shape index (κ2) is 18.0. The van der Waals surface area contributed by atoms with Crippen molar-refractivity contribution in [2.75, 3.05) is 13.2 Å². The Morgan fingerprint density at radius 2 is 1.47 bits per heavy atom. The molecule has 0 fully saturated rings. The molecule has 0 bridgehead atoms. The van der Waals surface area contributed by atoms with Crippen LogP contribution in [0.15, 0.2) is 0 Å². The summed E-state index contributed by atoms with van der Waals surface area (Å²) in [6.07, 6.45) is 7.31. The molecule has 0 N–H and O–H groups in total. The first kappa shape index (κ1) is 18.9. The summed E-state index contributed by atoms with van der Waals surface area (Å²) in [6.45, 7) is 9.73. The van der Waals surface area contributed by atoms with Gasteiger partial charge in [-0.25, -0.2) is 0 Å². The van der Waals surface area contributed by atoms with E-state index >= 15 is 0 Å². The second-order valence-electron chi connectivity index (χ2n) is 3.79. The maximum atomic E-state index is 9.56. The fourth-order valence-electron chi connectivity index (χ4n) is 1.24. The van der Waals surface area contributed by atoms with Crippen LogP contribution < -0.4 is 0 Å². The molecule has 0 aromatic heterocycles. The smallest absolute Gasteiger partial charge is 0.157 e. The van der Waals surface area contributed by atoms with Crippen molar-refractivity contribution in [2.24, 2.45) is 0 Å². The van der Waals surface area contributed by atoms with E-state index in [0.29, 0.717) is 0 Å². The van der Waals surface area contributed by atoms with Gasteiger partial charge in [-0.2, -0.15) is 0 Å². The zero-order chi connectivity index (χ0) is 13.4. The molecule has 0 amide bonds. The molecule has 0 atom stereocenters. The molecule has 0 aromatic carbocycles. The Labute approximate surface area is 107 Å². The molecule has 0 radical (unpaired) electrons. The number of hydrogen-bond acceptors (Lipinski definition) is 3. The summed E-state index contributed by atoms with van der Waals surface area (Å²) in [4.78, 5) is 9.56. The standard InChI is InChI=1S/C9H20O2.C5H10O/c1-4-7-8-9(10-5-2)11-6-3;1-2-3-4-5-6/h9H,4-8H2,1-3H3;5H,2-4H2,1H3. The van der Waals surface area contributed by atoms with Crippen molar-refractivity contribution in [1.29, 1.82) is 0 Å². The first-order chi connectivity index (χ1) is 8.26. The summed E-state index contributed by atoms with van der Waals surface area (Å²) < 4.78 is 10.7. The van der Waals surface area contributed by atoms with E-state index in [1.165, 1.54) is 12.8 Å². The fourth-order valence-corrected chi connectivity index (χ4v) is 1.24. The molecular weight excluding hydrogens is 216 g/mol. The van der Waals surface area contributed by atoms with Gasteiger partial charge in [0, 0.05) is 19.6 Å². The third-order valence-corrected chi connectivity index (χ3v) is 2.17. The Balaban J connectivity index is 0. The summed E-state index contributed by atoms with van der Waals surface area (Å²) in [5.74, 6) is 0. The topological polar surface area (TPSA) is 35.5 Å². The van der Waals surface area contributed by atoms with E-state index in [4.69, 9.17) is 9.47 Å². The molecule has 0 aliphatic heterocycles. The van der Waals surface area contributed by atoms with Crippen LogP contribution in [0.3, 0.4) is 0 Å². The Morgan fingerprint density at radius 1 is 0.941 bits per heavy atom. The van der Waals surface area contributed by atoms with Crippen molar-refractivity contribution < 1.29 is 14.3 Å². The number of ether oxygens (including phenoxy) is 2. The first-order valence-corrected chi connectivity index (χ1v) is 6.93. The van der Waals surface area contributed by atoms with Gasteiger partial charge in [0.2, 0.25) is 0 Å². The number of rotatable bonds is 10. The molecule has 0 aromatic rings. The third kappa shape index (κ3) is 18.2. The van der Waals surface area contributed by atoms with Crippen molar-refractivity contribution in [3.05, 3.63) is 0 Å². The molecule has 0 rings (SSSR count). The number of aldehydes is 1. The van der Waals surface area contributed by atoms with Gasteiger partial charge in [0.1, 0.15) is 6.29 Å². The minimum atomic E-state index is 0.0324. The van der Waals surface area contributed by atoms with Gasteiger partial charge in [-0.1, -0.05) is 26.7 Å². The molecule has 104 valence electrons. The predicted molar refractivity (Wildman–Crippen MR) is 72.2 cm³/mol. The van der Waals surface area contributed by atoms with E-state index in [-0.39, 0.29) is 6.29 Å². The van der Waals surface area contributed by atoms with Crippen LogP contribution in [0.4, 0.5) is 0 Å². The van der Waals surface area contributed by atoms with Crippen LogP contribution in [0.2, 0.25) is 0 Å². The molecule has 0 aliphatic carbocycles. The zero-order valence-corrected chi connectivity index (χ0v) is 12.0. The molecule has 0 heterocycles. The van der Waals surface area contributed by atoms with Crippen LogP contribution in [0, 0.1) is 0 Å². The van der Waals surface area contributed by atoms with E-state index in [0.717, 1.165) is 45.2 Å². The predicted octanol–water partition coefficient (Wildman–Crippen LogP) is 3.95. The second-order valence-corrected chi connectivity index (χ2v) is 3.79. The summed E-state index contributed by atoms with van der Waals surface area (Å²) in [5.41, 5.74) is 0. The number of unbranched alkanes of at least 4 members (excludes halogenated alkanes) is 3. The minimum absolute atomic E-state index is 0.0324. The molecule has 3 heteroatoms. The highest BCUT2D eigenvalue weighted by atomic mass is 16.7. The van der Waals surface area contributed by atoms with Crippen LogP contribution in [-0.4, -0.2) is 25.8 Å². The van der Waals surface area contributed by atoms with Gasteiger partial charge in [0.25, 0.3) is 0 Å². The van der Waals surface area contributed by atoms with Crippen molar-refractivity contribution in [3.63, 3.8) is 0 Å². The van der Waals surface area contributed by atoms with Crippen LogP contribution in [0.5, 0.6) is 0 Å². The highest BCUT2D eigenvalue weighted by molar-refractivity contribution is 5.48. The maximum absolute atomic E-state index is 9.56. The largest absolute Gasteiger partial charge is 0.353 e. The van der Waals surface area contributed by atoms with Crippen LogP contribution in [0.1, 0.15) is 66.2 Å². The third-order valence-electron chi connectivity index (χ3n) is 2.17. The van der Waals surface area contributed by atoms with Crippen LogP contribution in [-0.2, 0) is 14.3 Å². The Hall–Kier alpha value is -0.410. The zero-order valence-electron chi connectivity index (χ0n) is 12.0. The van der Waals surface area contributed by atoms with Gasteiger partial charge in [-0.15, -0.1) is 0 Å². The van der Waals surface area contributed by atoms with Gasteiger partial charge < -0.3 is 14.3 Å². The molecule has 0 saturated carbocycles. The van der Waals surface area contributed by atoms with E-state index in [1.807, 2.05) is 13.8 Å². The van der Waals surface area contributed by atoms with Gasteiger partial charge in [0.15, 0.2) is 6.29 Å². The first-order valence-electron chi connectivity index (χ1n) is 6.93. The van der Waals surface area contributed by atoms with E-state index in [2.05, 4.69) is 13.8 Å². The molecule has 0 unspecified atom stereocenters. The van der Waals surface area contributed by atoms with Crippen molar-refractivity contribution in [2.45, 2.75) is 72.5 Å². The van der Waals surface area contributed by atoms with Crippen molar-refractivity contribution in [1.82, 2.24) is 0 Å². The quantitative estimate of drug-likeness (QED) is 0.332. The molecule has 17 heavy (non-hydrogen) atoms. The van der Waals surface area contributed by atoms with Gasteiger partial charge in [-0.05, 0) is 33.1 Å². The lowest BCUT2D eigenvalue weighted by molar-refractivity contribution is -0.140. The Bertz CT molecular complexity index is 131. The van der Waals surface area contributed by atoms with Crippen LogP contribution >= 0.6 is 0 Å². The Morgan fingerprint density at radius 3 is 1.76 bits per heavy atom. The van der Waals surface area contributed by atoms with Crippen LogP contribution in [0.25, 0.3) is 0 Å². The highest BCUT2D eigenvalue weighted by Gasteiger charge is 2.05. The number of carbonyl (C=O) groups excluding carboxylic acids is 1. The van der Waals surface area contributed by atoms with Gasteiger partial charge in [-0.3, -0.25) is 0 Å². The lowest BCUT2D eigenvalue weighted by Gasteiger charge is -2.15. The van der Waals surface area contributed by atoms with Crippen molar-refractivity contribution in [3.8, 4) is 0 Å². The van der Waals surface area contributed by atoms with Gasteiger partial charge in [0.05, 0.1) is 0 Å². The highest BCUT2D eigenvalue weighted by Crippen LogP contribution is 2.05. The lowest BCUT2D eigenvalue weighted by atomic mass is 10.2. The normalized spacial score (nSPS) is 9.94. The monoisotopic (exact) mass is 246 g/mol. The summed E-state index contributed by atoms with van der Waals surface area (Å²) in [6, 6.07) is 0. The number of carbonyl (C=O) groups is 1. The molecule has 0 saturated heterocycles. The lowest BCUT2D eigenvalue weighted by Crippen LogP contribution is -2.16. The summed E-state index contributed by atoms with van der Waals surface area (Å²) >= 11 is 0. The van der Waals surface area contributed by atoms with Gasteiger partial charge >= 0.3 is 0 Å². The maximum Gasteiger partial charge on any atom is 0.157 e. The molecular formula is C14H30O3. The number of hydrogen-bond donors (Lipinski definition) is 0. The van der Waals surface area contributed by atoms with E-state index in [1.54, 1.807) is 0 Å². The average Bonchev–Trinajstić information content (AvgIpc) is 2.35. The average molecular weight is 246 g/mol. The van der Waals surface area contributed by atoms with E-state index in [9.17, 15) is 4.79 Å². The summed E-state index contributed by atoms with van der Waals surface area (Å²) in [7, 11) is 0. The Kier molecular flexibility index (Phi) is 20.0. The van der Waals surface area contributed by atoms with Crippen molar-refractivity contribution >= 4 is 6.29 Å². The molecule has 0 spiro atoms. The molecule has 0 aliphatic rings. The van der Waals surface area contributed by atoms with E-state index < -0.39 is 0 Å². The fraction of sp³-hybridized carbons (Fsp3) is 0.929. The SMILES string of the molecule is CCCCC(OCC)OCC.CCCCC=O. The minimum Gasteiger partial charge on any atom is -0.353 e.